The van der Waals surface area contributed by atoms with Gasteiger partial charge in [0.15, 0.2) is 0 Å². The number of carboxylic acids is 2. The number of amides is 2. The van der Waals surface area contributed by atoms with Crippen LogP contribution in [0.3, 0.4) is 0 Å². The zero-order valence-electron chi connectivity index (χ0n) is 11.5. The first-order valence-corrected chi connectivity index (χ1v) is 6.02. The van der Waals surface area contributed by atoms with E-state index in [0.717, 1.165) is 18.2 Å². The lowest BCUT2D eigenvalue weighted by Gasteiger charge is -2.19. The molecule has 0 heterocycles. The summed E-state index contributed by atoms with van der Waals surface area (Å²) in [6.07, 6.45) is -0.722. The number of carbonyl (C=O) groups excluding carboxylic acids is 1. The van der Waals surface area contributed by atoms with Gasteiger partial charge < -0.3 is 25.5 Å². The van der Waals surface area contributed by atoms with Crippen molar-refractivity contribution in [3.8, 4) is 0 Å². The molecule has 0 saturated heterocycles. The number of anilines is 1. The maximum absolute atomic E-state index is 11.8. The van der Waals surface area contributed by atoms with Crippen molar-refractivity contribution in [1.82, 2.24) is 4.90 Å². The summed E-state index contributed by atoms with van der Waals surface area (Å²) in [5.41, 5.74) is -0.443. The van der Waals surface area contributed by atoms with Crippen molar-refractivity contribution in [1.29, 1.82) is 0 Å². The van der Waals surface area contributed by atoms with Crippen molar-refractivity contribution < 1.29 is 29.7 Å². The van der Waals surface area contributed by atoms with E-state index >= 15 is 0 Å². The number of aromatic carboxylic acids is 2. The lowest BCUT2D eigenvalue weighted by Crippen LogP contribution is -2.36. The zero-order chi connectivity index (χ0) is 16.2. The van der Waals surface area contributed by atoms with Crippen LogP contribution in [-0.4, -0.2) is 57.9 Å². The second-order valence-electron chi connectivity index (χ2n) is 4.57. The van der Waals surface area contributed by atoms with Crippen molar-refractivity contribution in [2.75, 3.05) is 18.9 Å². The monoisotopic (exact) mass is 296 g/mol. The molecule has 0 aliphatic carbocycles. The number of nitrogens with one attached hydrogen (secondary N) is 1. The molecular formula is C13H16N2O6. The fourth-order valence-electron chi connectivity index (χ4n) is 1.64. The molecule has 8 nitrogen and oxygen atoms in total. The molecule has 1 aromatic carbocycles. The average Bonchev–Trinajstić information content (AvgIpc) is 2.37. The topological polar surface area (TPSA) is 127 Å². The van der Waals surface area contributed by atoms with Crippen molar-refractivity contribution in [3.05, 3.63) is 29.3 Å². The maximum atomic E-state index is 11.8. The van der Waals surface area contributed by atoms with E-state index in [-0.39, 0.29) is 23.4 Å². The Bertz CT molecular complexity index is 538. The van der Waals surface area contributed by atoms with E-state index in [1.165, 1.54) is 18.9 Å². The van der Waals surface area contributed by atoms with Gasteiger partial charge in [-0.2, -0.15) is 0 Å². The summed E-state index contributed by atoms with van der Waals surface area (Å²) in [6, 6.07) is 2.72. The quantitative estimate of drug-likeness (QED) is 0.640. The average molecular weight is 296 g/mol. The minimum absolute atomic E-state index is 0.0507. The van der Waals surface area contributed by atoms with Gasteiger partial charge in [0.05, 0.1) is 17.2 Å². The van der Waals surface area contributed by atoms with Gasteiger partial charge in [-0.1, -0.05) is 0 Å². The van der Waals surface area contributed by atoms with Gasteiger partial charge in [0.25, 0.3) is 0 Å². The smallest absolute Gasteiger partial charge is 0.335 e. The Morgan fingerprint density at radius 2 is 1.62 bits per heavy atom. The number of carboxylic acid groups (broad SMARTS) is 2. The number of nitrogens with zero attached hydrogens (tertiary/aromatic N) is 1. The fraction of sp³-hybridized carbons (Fsp3) is 0.308. The van der Waals surface area contributed by atoms with Gasteiger partial charge in [0.2, 0.25) is 0 Å². The highest BCUT2D eigenvalue weighted by atomic mass is 16.4. The highest BCUT2D eigenvalue weighted by Gasteiger charge is 2.15. The Hall–Kier alpha value is -2.61. The van der Waals surface area contributed by atoms with Crippen LogP contribution in [0.1, 0.15) is 27.6 Å². The molecule has 0 fully saturated rings. The molecule has 1 aromatic rings. The molecule has 0 aliphatic rings. The third-order valence-electron chi connectivity index (χ3n) is 2.56. The predicted octanol–water partition coefficient (Wildman–Crippen LogP) is 0.927. The lowest BCUT2D eigenvalue weighted by atomic mass is 10.1. The summed E-state index contributed by atoms with van der Waals surface area (Å²) in [4.78, 5) is 34.9. The molecule has 4 N–H and O–H groups in total. The Labute approximate surface area is 120 Å². The van der Waals surface area contributed by atoms with Crippen LogP contribution in [-0.2, 0) is 0 Å². The van der Waals surface area contributed by atoms with Crippen LogP contribution >= 0.6 is 0 Å². The molecule has 1 atom stereocenters. The van der Waals surface area contributed by atoms with Gasteiger partial charge in [-0.05, 0) is 25.1 Å². The number of benzene rings is 1. The lowest BCUT2D eigenvalue weighted by molar-refractivity contribution is 0.0696. The molecular weight excluding hydrogens is 280 g/mol. The first-order chi connectivity index (χ1) is 9.70. The van der Waals surface area contributed by atoms with Crippen LogP contribution in [0.2, 0.25) is 0 Å². The second-order valence-corrected chi connectivity index (χ2v) is 4.57. The Balaban J connectivity index is 2.99. The highest BCUT2D eigenvalue weighted by Crippen LogP contribution is 2.16. The standard InChI is InChI=1S/C13H16N2O6/c1-7(16)6-15(2)13(21)14-10-4-8(11(17)18)3-9(5-10)12(19)20/h3-5,7,16H,6H2,1-2H3,(H,14,21)(H,17,18)(H,19,20). The molecule has 8 heteroatoms. The van der Waals surface area contributed by atoms with Crippen LogP contribution in [0.4, 0.5) is 10.5 Å². The number of rotatable bonds is 5. The number of urea groups is 1. The van der Waals surface area contributed by atoms with Crippen LogP contribution in [0.15, 0.2) is 18.2 Å². The van der Waals surface area contributed by atoms with Crippen LogP contribution in [0.25, 0.3) is 0 Å². The van der Waals surface area contributed by atoms with E-state index in [2.05, 4.69) is 5.32 Å². The van der Waals surface area contributed by atoms with Gasteiger partial charge >= 0.3 is 18.0 Å². The van der Waals surface area contributed by atoms with Crippen LogP contribution in [0, 0.1) is 0 Å². The fourth-order valence-corrected chi connectivity index (χ4v) is 1.64. The van der Waals surface area contributed by atoms with Crippen molar-refractivity contribution in [2.24, 2.45) is 0 Å². The summed E-state index contributed by atoms with van der Waals surface area (Å²) in [7, 11) is 1.45. The van der Waals surface area contributed by atoms with Gasteiger partial charge in [0, 0.05) is 19.3 Å². The van der Waals surface area contributed by atoms with Crippen molar-refractivity contribution >= 4 is 23.7 Å². The number of likely N-dealkylation sites (N-methyl/N-ethyl adjacent to an activating group) is 1. The number of carbonyl (C=O) groups is 3. The predicted molar refractivity (Wildman–Crippen MR) is 73.7 cm³/mol. The molecule has 21 heavy (non-hydrogen) atoms. The third-order valence-corrected chi connectivity index (χ3v) is 2.56. The van der Waals surface area contributed by atoms with E-state index in [1.807, 2.05) is 0 Å². The largest absolute Gasteiger partial charge is 0.478 e. The minimum Gasteiger partial charge on any atom is -0.478 e. The van der Waals surface area contributed by atoms with E-state index in [1.54, 1.807) is 0 Å². The van der Waals surface area contributed by atoms with Gasteiger partial charge in [-0.15, -0.1) is 0 Å². The van der Waals surface area contributed by atoms with Crippen LogP contribution in [0.5, 0.6) is 0 Å². The molecule has 0 aliphatic heterocycles. The van der Waals surface area contributed by atoms with Gasteiger partial charge in [-0.3, -0.25) is 0 Å². The van der Waals surface area contributed by atoms with Gasteiger partial charge in [-0.25, -0.2) is 14.4 Å². The minimum atomic E-state index is -1.30. The summed E-state index contributed by atoms with van der Waals surface area (Å²) in [5.74, 6) is -2.60. The number of hydrogen-bond acceptors (Lipinski definition) is 4. The van der Waals surface area contributed by atoms with Crippen molar-refractivity contribution in [2.45, 2.75) is 13.0 Å². The molecule has 0 saturated carbocycles. The molecule has 0 aromatic heterocycles. The molecule has 1 unspecified atom stereocenters. The highest BCUT2D eigenvalue weighted by molar-refractivity contribution is 5.98. The zero-order valence-corrected chi connectivity index (χ0v) is 11.5. The molecule has 0 spiro atoms. The third kappa shape index (κ3) is 4.77. The molecule has 1 rings (SSSR count). The first kappa shape index (κ1) is 16.4. The Morgan fingerprint density at radius 1 is 1.14 bits per heavy atom. The maximum Gasteiger partial charge on any atom is 0.335 e. The first-order valence-electron chi connectivity index (χ1n) is 6.02. The van der Waals surface area contributed by atoms with Crippen LogP contribution < -0.4 is 5.32 Å². The Morgan fingerprint density at radius 3 is 2.00 bits per heavy atom. The number of aliphatic hydroxyl groups is 1. The molecule has 114 valence electrons. The van der Waals surface area contributed by atoms with Gasteiger partial charge in [0.1, 0.15) is 0 Å². The normalized spacial score (nSPS) is 11.6. The SMILES string of the molecule is CC(O)CN(C)C(=O)Nc1cc(C(=O)O)cc(C(=O)O)c1. The van der Waals surface area contributed by atoms with E-state index in [4.69, 9.17) is 10.2 Å². The summed E-state index contributed by atoms with van der Waals surface area (Å²) < 4.78 is 0. The molecule has 0 radical (unpaired) electrons. The molecule has 2 amide bonds. The van der Waals surface area contributed by atoms with Crippen molar-refractivity contribution in [3.63, 3.8) is 0 Å². The Kier molecular flexibility index (Phi) is 5.25. The number of aliphatic hydroxyl groups excluding tert-OH is 1. The summed E-state index contributed by atoms with van der Waals surface area (Å²) >= 11 is 0. The number of hydrogen-bond donors (Lipinski definition) is 4. The summed E-state index contributed by atoms with van der Waals surface area (Å²) in [5, 5.41) is 29.4. The van der Waals surface area contributed by atoms with E-state index in [9.17, 15) is 19.5 Å². The van der Waals surface area contributed by atoms with E-state index in [0.29, 0.717) is 0 Å². The second kappa shape index (κ2) is 6.71. The van der Waals surface area contributed by atoms with E-state index < -0.39 is 24.1 Å². The molecule has 0 bridgehead atoms. The summed E-state index contributed by atoms with van der Waals surface area (Å²) in [6.45, 7) is 1.59.